The largest absolute Gasteiger partial charge is 0.490 e. The van der Waals surface area contributed by atoms with Gasteiger partial charge in [0, 0.05) is 19.6 Å². The highest BCUT2D eigenvalue weighted by atomic mass is 16.5. The molecule has 6 nitrogen and oxygen atoms in total. The Hall–Kier alpha value is -3.02. The lowest BCUT2D eigenvalue weighted by atomic mass is 9.97. The van der Waals surface area contributed by atoms with Crippen LogP contribution in [-0.2, 0) is 11.3 Å². The first-order valence-electron chi connectivity index (χ1n) is 10.2. The Bertz CT molecular complexity index is 898. The number of carbonyl (C=O) groups excluding carboxylic acids is 2. The molecule has 1 atom stereocenters. The van der Waals surface area contributed by atoms with Gasteiger partial charge in [0.2, 0.25) is 5.91 Å². The first-order chi connectivity index (χ1) is 14.1. The first-order valence-corrected chi connectivity index (χ1v) is 10.2. The zero-order valence-corrected chi connectivity index (χ0v) is 16.8. The standard InChI is InChI=1S/C23H27N3O3/c1-17-7-2-3-8-18(17)15-24-22(27)19-9-6-12-25(16-19)23(28)26-13-14-29-21-11-5-4-10-20(21)26/h2-5,7-8,10-11,19H,6,9,12-16H2,1H3,(H,24,27). The number of nitrogens with zero attached hydrogens (tertiary/aromatic N) is 2. The molecular formula is C23H27N3O3. The number of rotatable bonds is 3. The summed E-state index contributed by atoms with van der Waals surface area (Å²) in [6, 6.07) is 15.6. The van der Waals surface area contributed by atoms with E-state index in [0.29, 0.717) is 32.8 Å². The fourth-order valence-electron chi connectivity index (χ4n) is 4.04. The lowest BCUT2D eigenvalue weighted by Crippen LogP contribution is -2.52. The molecule has 1 unspecified atom stereocenters. The van der Waals surface area contributed by atoms with E-state index < -0.39 is 0 Å². The van der Waals surface area contributed by atoms with Crippen LogP contribution in [0, 0.1) is 12.8 Å². The highest BCUT2D eigenvalue weighted by Gasteiger charge is 2.33. The second kappa shape index (κ2) is 8.55. The van der Waals surface area contributed by atoms with Gasteiger partial charge in [-0.25, -0.2) is 4.79 Å². The van der Waals surface area contributed by atoms with E-state index in [1.807, 2.05) is 60.4 Å². The van der Waals surface area contributed by atoms with Crippen molar-refractivity contribution in [3.63, 3.8) is 0 Å². The van der Waals surface area contributed by atoms with Gasteiger partial charge in [0.05, 0.1) is 18.2 Å². The van der Waals surface area contributed by atoms with E-state index in [9.17, 15) is 9.59 Å². The van der Waals surface area contributed by atoms with Crippen LogP contribution in [0.2, 0.25) is 0 Å². The molecule has 1 fully saturated rings. The molecular weight excluding hydrogens is 366 g/mol. The molecule has 0 spiro atoms. The Labute approximate surface area is 171 Å². The summed E-state index contributed by atoms with van der Waals surface area (Å²) in [5.41, 5.74) is 3.09. The monoisotopic (exact) mass is 393 g/mol. The number of hydrogen-bond acceptors (Lipinski definition) is 3. The minimum absolute atomic E-state index is 0.0214. The van der Waals surface area contributed by atoms with Crippen molar-refractivity contribution in [2.24, 2.45) is 5.92 Å². The number of fused-ring (bicyclic) bond motifs is 1. The van der Waals surface area contributed by atoms with E-state index in [4.69, 9.17) is 4.74 Å². The maximum atomic E-state index is 13.2. The van der Waals surface area contributed by atoms with Crippen LogP contribution in [0.15, 0.2) is 48.5 Å². The Morgan fingerprint density at radius 3 is 2.76 bits per heavy atom. The summed E-state index contributed by atoms with van der Waals surface area (Å²) in [5, 5.41) is 3.05. The number of nitrogens with one attached hydrogen (secondary N) is 1. The van der Waals surface area contributed by atoms with Crippen LogP contribution in [0.25, 0.3) is 0 Å². The smallest absolute Gasteiger partial charge is 0.324 e. The van der Waals surface area contributed by atoms with Gasteiger partial charge >= 0.3 is 6.03 Å². The molecule has 0 aromatic heterocycles. The van der Waals surface area contributed by atoms with Crippen molar-refractivity contribution in [3.05, 3.63) is 59.7 Å². The normalized spacial score (nSPS) is 18.6. The first kappa shape index (κ1) is 19.3. The lowest BCUT2D eigenvalue weighted by Gasteiger charge is -2.37. The van der Waals surface area contributed by atoms with Crippen LogP contribution in [0.3, 0.4) is 0 Å². The molecule has 2 aliphatic heterocycles. The van der Waals surface area contributed by atoms with Gasteiger partial charge in [-0.3, -0.25) is 9.69 Å². The molecule has 2 aromatic rings. The average Bonchev–Trinajstić information content (AvgIpc) is 2.77. The summed E-state index contributed by atoms with van der Waals surface area (Å²) in [4.78, 5) is 29.5. The second-order valence-electron chi connectivity index (χ2n) is 7.68. The predicted octanol–water partition coefficient (Wildman–Crippen LogP) is 3.34. The maximum Gasteiger partial charge on any atom is 0.324 e. The number of para-hydroxylation sites is 2. The number of aryl methyl sites for hydroxylation is 1. The number of benzene rings is 2. The van der Waals surface area contributed by atoms with Crippen molar-refractivity contribution >= 4 is 17.6 Å². The Morgan fingerprint density at radius 1 is 1.10 bits per heavy atom. The average molecular weight is 393 g/mol. The van der Waals surface area contributed by atoms with Gasteiger partial charge in [-0.15, -0.1) is 0 Å². The summed E-state index contributed by atoms with van der Waals surface area (Å²) < 4.78 is 5.66. The van der Waals surface area contributed by atoms with Gasteiger partial charge in [-0.2, -0.15) is 0 Å². The van der Waals surface area contributed by atoms with Gasteiger partial charge in [-0.1, -0.05) is 36.4 Å². The number of amides is 3. The molecule has 4 rings (SSSR count). The van der Waals surface area contributed by atoms with E-state index in [1.54, 1.807) is 4.90 Å². The van der Waals surface area contributed by atoms with Crippen molar-refractivity contribution in [1.29, 1.82) is 0 Å². The van der Waals surface area contributed by atoms with Gasteiger partial charge in [0.25, 0.3) is 0 Å². The molecule has 152 valence electrons. The molecule has 0 bridgehead atoms. The number of anilines is 1. The van der Waals surface area contributed by atoms with Crippen molar-refractivity contribution in [1.82, 2.24) is 10.2 Å². The number of hydrogen-bond donors (Lipinski definition) is 1. The Morgan fingerprint density at radius 2 is 1.90 bits per heavy atom. The molecule has 0 aliphatic carbocycles. The Kier molecular flexibility index (Phi) is 5.69. The molecule has 6 heteroatoms. The second-order valence-corrected chi connectivity index (χ2v) is 7.68. The number of likely N-dealkylation sites (tertiary alicyclic amines) is 1. The highest BCUT2D eigenvalue weighted by molar-refractivity contribution is 5.94. The number of piperidine rings is 1. The number of ether oxygens (including phenoxy) is 1. The summed E-state index contributed by atoms with van der Waals surface area (Å²) in [5.74, 6) is 0.581. The molecule has 1 N–H and O–H groups in total. The van der Waals surface area contributed by atoms with Crippen LogP contribution in [0.4, 0.5) is 10.5 Å². The van der Waals surface area contributed by atoms with Crippen LogP contribution >= 0.6 is 0 Å². The predicted molar refractivity (Wildman–Crippen MR) is 112 cm³/mol. The van der Waals surface area contributed by atoms with Gasteiger partial charge in [0.15, 0.2) is 0 Å². The quantitative estimate of drug-likeness (QED) is 0.870. The minimum Gasteiger partial charge on any atom is -0.490 e. The van der Waals surface area contributed by atoms with E-state index >= 15 is 0 Å². The maximum absolute atomic E-state index is 13.2. The van der Waals surface area contributed by atoms with E-state index in [1.165, 1.54) is 5.56 Å². The summed E-state index contributed by atoms with van der Waals surface area (Å²) in [6.07, 6.45) is 1.64. The molecule has 0 radical (unpaired) electrons. The zero-order valence-electron chi connectivity index (χ0n) is 16.8. The lowest BCUT2D eigenvalue weighted by molar-refractivity contribution is -0.126. The zero-order chi connectivity index (χ0) is 20.2. The minimum atomic E-state index is -0.173. The van der Waals surface area contributed by atoms with Crippen molar-refractivity contribution in [2.75, 3.05) is 31.1 Å². The number of carbonyl (C=O) groups is 2. The van der Waals surface area contributed by atoms with Gasteiger partial charge in [-0.05, 0) is 43.0 Å². The third kappa shape index (κ3) is 4.21. The fourth-order valence-corrected chi connectivity index (χ4v) is 4.04. The SMILES string of the molecule is Cc1ccccc1CNC(=O)C1CCCN(C(=O)N2CCOc3ccccc32)C1. The van der Waals surface area contributed by atoms with E-state index in [0.717, 1.165) is 29.8 Å². The molecule has 29 heavy (non-hydrogen) atoms. The molecule has 3 amide bonds. The molecule has 2 aliphatic rings. The number of urea groups is 1. The molecule has 1 saturated heterocycles. The fraction of sp³-hybridized carbons (Fsp3) is 0.391. The Balaban J connectivity index is 1.39. The van der Waals surface area contributed by atoms with Crippen LogP contribution in [0.5, 0.6) is 5.75 Å². The molecule has 2 heterocycles. The van der Waals surface area contributed by atoms with Crippen LogP contribution in [0.1, 0.15) is 24.0 Å². The molecule has 0 saturated carbocycles. The van der Waals surface area contributed by atoms with E-state index in [-0.39, 0.29) is 17.9 Å². The van der Waals surface area contributed by atoms with Crippen molar-refractivity contribution in [3.8, 4) is 5.75 Å². The van der Waals surface area contributed by atoms with Crippen LogP contribution < -0.4 is 15.0 Å². The van der Waals surface area contributed by atoms with Gasteiger partial charge < -0.3 is 15.0 Å². The summed E-state index contributed by atoms with van der Waals surface area (Å²) in [7, 11) is 0. The topological polar surface area (TPSA) is 61.9 Å². The van der Waals surface area contributed by atoms with E-state index in [2.05, 4.69) is 5.32 Å². The summed E-state index contributed by atoms with van der Waals surface area (Å²) in [6.45, 7) is 4.71. The van der Waals surface area contributed by atoms with Crippen LogP contribution in [-0.4, -0.2) is 43.1 Å². The third-order valence-electron chi connectivity index (χ3n) is 5.74. The van der Waals surface area contributed by atoms with Crippen molar-refractivity contribution < 1.29 is 14.3 Å². The highest BCUT2D eigenvalue weighted by Crippen LogP contribution is 2.32. The summed E-state index contributed by atoms with van der Waals surface area (Å²) >= 11 is 0. The van der Waals surface area contributed by atoms with Crippen molar-refractivity contribution in [2.45, 2.75) is 26.3 Å². The van der Waals surface area contributed by atoms with Gasteiger partial charge in [0.1, 0.15) is 12.4 Å². The molecule has 2 aromatic carbocycles. The third-order valence-corrected chi connectivity index (χ3v) is 5.74.